The minimum atomic E-state index is -0.458. The Kier molecular flexibility index (Phi) is 7.86. The molecule has 1 fully saturated rings. The van der Waals surface area contributed by atoms with E-state index >= 15 is 0 Å². The van der Waals surface area contributed by atoms with Crippen LogP contribution < -0.4 is 10.9 Å². The van der Waals surface area contributed by atoms with Crippen molar-refractivity contribution in [2.75, 3.05) is 19.3 Å². The monoisotopic (exact) mass is 476 g/mol. The maximum Gasteiger partial charge on any atom is 0.293 e. The highest BCUT2D eigenvalue weighted by Gasteiger charge is 2.34. The van der Waals surface area contributed by atoms with E-state index in [1.807, 2.05) is 0 Å². The number of imide groups is 1. The van der Waals surface area contributed by atoms with E-state index in [1.165, 1.54) is 42.1 Å². The number of nitrogens with one attached hydrogen (secondary N) is 2. The Morgan fingerprint density at radius 2 is 2.00 bits per heavy atom. The number of carbonyl (C=O) groups is 3. The zero-order valence-electron chi connectivity index (χ0n) is 17.4. The van der Waals surface area contributed by atoms with E-state index in [-0.39, 0.29) is 48.1 Å². The molecule has 0 atom stereocenters. The summed E-state index contributed by atoms with van der Waals surface area (Å²) in [6, 6.07) is 5.57. The summed E-state index contributed by atoms with van der Waals surface area (Å²) in [5.41, 5.74) is 1.38. The van der Waals surface area contributed by atoms with Gasteiger partial charge in [0.05, 0.1) is 4.91 Å². The van der Waals surface area contributed by atoms with Crippen LogP contribution in [0.1, 0.15) is 23.2 Å². The smallest absolute Gasteiger partial charge is 0.293 e. The molecular formula is C21H21FN4O4S2. The molecule has 1 saturated heterocycles. The van der Waals surface area contributed by atoms with Gasteiger partial charge in [-0.15, -0.1) is 0 Å². The summed E-state index contributed by atoms with van der Waals surface area (Å²) in [6.45, 7) is 1.85. The van der Waals surface area contributed by atoms with Crippen molar-refractivity contribution >= 4 is 46.7 Å². The van der Waals surface area contributed by atoms with E-state index in [1.54, 1.807) is 13.2 Å². The number of benzene rings is 1. The molecule has 0 aliphatic carbocycles. The van der Waals surface area contributed by atoms with Gasteiger partial charge in [0.25, 0.3) is 16.7 Å². The second-order valence-electron chi connectivity index (χ2n) is 6.87. The predicted molar refractivity (Wildman–Crippen MR) is 122 cm³/mol. The minimum absolute atomic E-state index is 0.0285. The Bertz CT molecular complexity index is 1130. The van der Waals surface area contributed by atoms with Crippen LogP contribution in [0.15, 0.2) is 39.1 Å². The summed E-state index contributed by atoms with van der Waals surface area (Å²) in [4.78, 5) is 57.1. The van der Waals surface area contributed by atoms with Gasteiger partial charge in [0.2, 0.25) is 5.91 Å². The zero-order valence-corrected chi connectivity index (χ0v) is 19.1. The molecule has 2 aromatic rings. The molecule has 8 nitrogen and oxygen atoms in total. The number of halogens is 1. The van der Waals surface area contributed by atoms with Crippen molar-refractivity contribution in [1.82, 2.24) is 20.2 Å². The maximum absolute atomic E-state index is 13.0. The topological polar surface area (TPSA) is 112 Å². The second kappa shape index (κ2) is 10.6. The molecule has 1 aromatic carbocycles. The number of hydrogen-bond donors (Lipinski definition) is 2. The molecule has 0 bridgehead atoms. The molecule has 11 heteroatoms. The van der Waals surface area contributed by atoms with E-state index in [0.717, 1.165) is 16.7 Å². The Balaban J connectivity index is 1.50. The fraction of sp³-hybridized carbons (Fsp3) is 0.286. The molecule has 1 aliphatic rings. The van der Waals surface area contributed by atoms with Crippen molar-refractivity contribution < 1.29 is 18.8 Å². The Hall–Kier alpha value is -2.92. The fourth-order valence-electron chi connectivity index (χ4n) is 3.01. The molecule has 1 aliphatic heterocycles. The van der Waals surface area contributed by atoms with Gasteiger partial charge in [-0.2, -0.15) is 0 Å². The first-order chi connectivity index (χ1) is 15.3. The van der Waals surface area contributed by atoms with Crippen molar-refractivity contribution in [2.24, 2.45) is 0 Å². The molecule has 3 amide bonds. The van der Waals surface area contributed by atoms with Gasteiger partial charge in [0.15, 0.2) is 5.16 Å². The molecule has 0 unspecified atom stereocenters. The van der Waals surface area contributed by atoms with Crippen LogP contribution in [0.25, 0.3) is 6.08 Å². The number of amides is 3. The third-order valence-corrected chi connectivity index (χ3v) is 6.18. The van der Waals surface area contributed by atoms with Crippen molar-refractivity contribution in [1.29, 1.82) is 0 Å². The van der Waals surface area contributed by atoms with Gasteiger partial charge in [0, 0.05) is 30.8 Å². The number of H-pyrrole nitrogens is 1. The van der Waals surface area contributed by atoms with Gasteiger partial charge >= 0.3 is 0 Å². The van der Waals surface area contributed by atoms with Gasteiger partial charge in [-0.1, -0.05) is 23.9 Å². The second-order valence-corrected chi connectivity index (χ2v) is 8.66. The SMILES string of the molecule is CSc1nc(C)c(CCC(=O)NCCN2C(=O)S/C(=C/c3ccc(F)cc3)C2=O)c(=O)[nH]1. The molecule has 0 radical (unpaired) electrons. The molecule has 2 N–H and O–H groups in total. The summed E-state index contributed by atoms with van der Waals surface area (Å²) in [7, 11) is 0. The van der Waals surface area contributed by atoms with E-state index in [2.05, 4.69) is 15.3 Å². The van der Waals surface area contributed by atoms with Crippen LogP contribution in [0.4, 0.5) is 9.18 Å². The zero-order chi connectivity index (χ0) is 23.3. The van der Waals surface area contributed by atoms with E-state index in [0.29, 0.717) is 22.0 Å². The average molecular weight is 477 g/mol. The third kappa shape index (κ3) is 5.86. The highest BCUT2D eigenvalue weighted by molar-refractivity contribution is 8.18. The van der Waals surface area contributed by atoms with Crippen LogP contribution >= 0.6 is 23.5 Å². The number of carbonyl (C=O) groups excluding carboxylic acids is 3. The number of aryl methyl sites for hydroxylation is 1. The number of nitrogens with zero attached hydrogens (tertiary/aromatic N) is 2. The van der Waals surface area contributed by atoms with E-state index in [4.69, 9.17) is 0 Å². The Morgan fingerprint density at radius 1 is 1.28 bits per heavy atom. The number of thioether (sulfide) groups is 2. The summed E-state index contributed by atoms with van der Waals surface area (Å²) in [6.07, 6.45) is 3.65. The normalized spacial score (nSPS) is 15.0. The van der Waals surface area contributed by atoms with Crippen LogP contribution in [0.5, 0.6) is 0 Å². The Labute approximate surface area is 192 Å². The summed E-state index contributed by atoms with van der Waals surface area (Å²) < 4.78 is 13.0. The van der Waals surface area contributed by atoms with Gasteiger partial charge in [-0.05, 0) is 55.1 Å². The van der Waals surface area contributed by atoms with Gasteiger partial charge in [-0.3, -0.25) is 24.1 Å². The molecule has 2 heterocycles. The van der Waals surface area contributed by atoms with Crippen LogP contribution in [0.2, 0.25) is 0 Å². The third-order valence-electron chi connectivity index (χ3n) is 4.69. The van der Waals surface area contributed by atoms with E-state index in [9.17, 15) is 23.6 Å². The lowest BCUT2D eigenvalue weighted by molar-refractivity contribution is -0.124. The van der Waals surface area contributed by atoms with E-state index < -0.39 is 11.1 Å². The molecule has 3 rings (SSSR count). The maximum atomic E-state index is 13.0. The number of rotatable bonds is 8. The predicted octanol–water partition coefficient (Wildman–Crippen LogP) is 2.72. The van der Waals surface area contributed by atoms with Gasteiger partial charge in [-0.25, -0.2) is 9.37 Å². The lowest BCUT2D eigenvalue weighted by atomic mass is 10.1. The summed E-state index contributed by atoms with van der Waals surface area (Å²) in [5, 5.41) is 2.75. The van der Waals surface area contributed by atoms with Crippen molar-refractivity contribution in [2.45, 2.75) is 24.9 Å². The van der Waals surface area contributed by atoms with Crippen molar-refractivity contribution in [3.05, 3.63) is 62.2 Å². The highest BCUT2D eigenvalue weighted by Crippen LogP contribution is 2.31. The summed E-state index contributed by atoms with van der Waals surface area (Å²) in [5.74, 6) is -1.15. The quantitative estimate of drug-likeness (QED) is 0.342. The average Bonchev–Trinajstić information content (AvgIpc) is 3.01. The lowest BCUT2D eigenvalue weighted by Gasteiger charge is -2.13. The number of hydrogen-bond acceptors (Lipinski definition) is 7. The minimum Gasteiger partial charge on any atom is -0.354 e. The molecule has 168 valence electrons. The number of aromatic amines is 1. The highest BCUT2D eigenvalue weighted by atomic mass is 32.2. The largest absolute Gasteiger partial charge is 0.354 e. The van der Waals surface area contributed by atoms with Crippen LogP contribution in [0.3, 0.4) is 0 Å². The molecular weight excluding hydrogens is 455 g/mol. The summed E-state index contributed by atoms with van der Waals surface area (Å²) >= 11 is 2.13. The van der Waals surface area contributed by atoms with Crippen LogP contribution in [-0.4, -0.2) is 51.3 Å². The molecule has 0 spiro atoms. The van der Waals surface area contributed by atoms with Gasteiger partial charge in [0.1, 0.15) is 5.82 Å². The lowest BCUT2D eigenvalue weighted by Crippen LogP contribution is -2.37. The first-order valence-corrected chi connectivity index (χ1v) is 11.7. The van der Waals surface area contributed by atoms with Gasteiger partial charge < -0.3 is 10.3 Å². The molecule has 0 saturated carbocycles. The standard InChI is InChI=1S/C21H21FN4O4S2/c1-12-15(18(28)25-20(24-12)31-2)7-8-17(27)23-9-10-26-19(29)16(32-21(26)30)11-13-3-5-14(22)6-4-13/h3-6,11H,7-10H2,1-2H3,(H,23,27)(H,24,25,28)/b16-11+. The number of aromatic nitrogens is 2. The van der Waals surface area contributed by atoms with Crippen LogP contribution in [0, 0.1) is 12.7 Å². The molecule has 1 aromatic heterocycles. The molecule has 32 heavy (non-hydrogen) atoms. The first-order valence-electron chi connectivity index (χ1n) is 9.70. The van der Waals surface area contributed by atoms with Crippen LogP contribution in [-0.2, 0) is 16.0 Å². The van der Waals surface area contributed by atoms with Crippen molar-refractivity contribution in [3.63, 3.8) is 0 Å². The first kappa shape index (κ1) is 23.7. The fourth-order valence-corrected chi connectivity index (χ4v) is 4.30. The van der Waals surface area contributed by atoms with Crippen molar-refractivity contribution in [3.8, 4) is 0 Å². The Morgan fingerprint density at radius 3 is 2.66 bits per heavy atom.